The molecule has 0 saturated heterocycles. The summed E-state index contributed by atoms with van der Waals surface area (Å²) in [6.45, 7) is 3.55. The summed E-state index contributed by atoms with van der Waals surface area (Å²) in [7, 11) is 3.90. The molecule has 0 aliphatic heterocycles. The van der Waals surface area contributed by atoms with Crippen LogP contribution in [0.25, 0.3) is 6.08 Å². The quantitative estimate of drug-likeness (QED) is 0.717. The fraction of sp³-hybridized carbons (Fsp3) is 0.286. The number of hydrogen-bond donors (Lipinski definition) is 0. The molecule has 0 heterocycles. The highest BCUT2D eigenvalue weighted by Crippen LogP contribution is 2.11. The highest BCUT2D eigenvalue weighted by Gasteiger charge is 2.13. The van der Waals surface area contributed by atoms with Gasteiger partial charge < -0.3 is 9.80 Å². The fourth-order valence-corrected chi connectivity index (χ4v) is 2.37. The molecule has 3 nitrogen and oxygen atoms in total. The molecule has 0 saturated carbocycles. The van der Waals surface area contributed by atoms with Gasteiger partial charge in [0.05, 0.1) is 0 Å². The lowest BCUT2D eigenvalue weighted by molar-refractivity contribution is -0.126. The summed E-state index contributed by atoms with van der Waals surface area (Å²) in [6.07, 6.45) is 3.35. The zero-order valence-electron chi connectivity index (χ0n) is 15.1. The second-order valence-electron chi connectivity index (χ2n) is 6.40. The number of nitrogens with zero attached hydrogens (tertiary/aromatic N) is 2. The van der Waals surface area contributed by atoms with Gasteiger partial charge in [-0.1, -0.05) is 48.0 Å². The van der Waals surface area contributed by atoms with Crippen molar-refractivity contribution in [2.75, 3.05) is 27.2 Å². The summed E-state index contributed by atoms with van der Waals surface area (Å²) in [4.78, 5) is 16.3. The number of benzene rings is 2. The number of carbonyl (C=O) groups excluding carboxylic acids is 1. The van der Waals surface area contributed by atoms with Crippen LogP contribution in [-0.4, -0.2) is 42.9 Å². The van der Waals surface area contributed by atoms with E-state index in [0.717, 1.165) is 12.1 Å². The molecule has 25 heavy (non-hydrogen) atoms. The molecule has 0 bridgehead atoms. The predicted molar refractivity (Wildman–Crippen MR) is 101 cm³/mol. The van der Waals surface area contributed by atoms with Crippen molar-refractivity contribution in [3.8, 4) is 0 Å². The Hall–Kier alpha value is -2.46. The molecule has 4 heteroatoms. The van der Waals surface area contributed by atoms with Crippen LogP contribution in [0.2, 0.25) is 0 Å². The van der Waals surface area contributed by atoms with Crippen molar-refractivity contribution in [3.05, 3.63) is 77.1 Å². The first-order valence-corrected chi connectivity index (χ1v) is 8.37. The van der Waals surface area contributed by atoms with Crippen LogP contribution >= 0.6 is 0 Å². The van der Waals surface area contributed by atoms with E-state index in [9.17, 15) is 9.18 Å². The number of rotatable bonds is 7. The van der Waals surface area contributed by atoms with Gasteiger partial charge in [-0.15, -0.1) is 0 Å². The van der Waals surface area contributed by atoms with Gasteiger partial charge >= 0.3 is 0 Å². The molecule has 0 aromatic heterocycles. The van der Waals surface area contributed by atoms with E-state index in [-0.39, 0.29) is 18.3 Å². The lowest BCUT2D eigenvalue weighted by atomic mass is 10.1. The summed E-state index contributed by atoms with van der Waals surface area (Å²) in [5.74, 6) is -0.404. The number of carbonyl (C=O) groups is 1. The van der Waals surface area contributed by atoms with E-state index in [1.54, 1.807) is 35.3 Å². The normalized spacial score (nSPS) is 11.2. The van der Waals surface area contributed by atoms with Crippen LogP contribution in [0, 0.1) is 12.7 Å². The lowest BCUT2D eigenvalue weighted by Crippen LogP contribution is -2.35. The van der Waals surface area contributed by atoms with Crippen LogP contribution in [0.4, 0.5) is 4.39 Å². The van der Waals surface area contributed by atoms with Gasteiger partial charge in [0.25, 0.3) is 0 Å². The smallest absolute Gasteiger partial charge is 0.246 e. The maximum atomic E-state index is 13.9. The van der Waals surface area contributed by atoms with Crippen LogP contribution in [0.1, 0.15) is 16.7 Å². The molecule has 0 N–H and O–H groups in total. The molecular weight excluding hydrogens is 315 g/mol. The minimum absolute atomic E-state index is 0.120. The molecule has 132 valence electrons. The summed E-state index contributed by atoms with van der Waals surface area (Å²) in [6, 6.07) is 14.5. The number of amides is 1. The van der Waals surface area contributed by atoms with Crippen molar-refractivity contribution in [1.29, 1.82) is 0 Å². The first-order chi connectivity index (χ1) is 12.0. The lowest BCUT2D eigenvalue weighted by Gasteiger charge is -2.23. The third-order valence-electron chi connectivity index (χ3n) is 3.94. The third kappa shape index (κ3) is 6.16. The Morgan fingerprint density at radius 1 is 1.04 bits per heavy atom. The molecule has 1 amide bonds. The first-order valence-electron chi connectivity index (χ1n) is 8.37. The molecule has 2 rings (SSSR count). The predicted octanol–water partition coefficient (Wildman–Crippen LogP) is 3.74. The van der Waals surface area contributed by atoms with Crippen molar-refractivity contribution < 1.29 is 9.18 Å². The molecule has 2 aromatic carbocycles. The van der Waals surface area contributed by atoms with Crippen molar-refractivity contribution in [2.24, 2.45) is 0 Å². The second kappa shape index (κ2) is 9.14. The Labute approximate surface area is 149 Å². The van der Waals surface area contributed by atoms with Crippen molar-refractivity contribution >= 4 is 12.0 Å². The molecule has 0 unspecified atom stereocenters. The first kappa shape index (κ1) is 18.9. The zero-order chi connectivity index (χ0) is 18.2. The van der Waals surface area contributed by atoms with Crippen LogP contribution in [0.15, 0.2) is 54.6 Å². The van der Waals surface area contributed by atoms with Gasteiger partial charge in [-0.05, 0) is 38.7 Å². The Bertz CT molecular complexity index is 723. The van der Waals surface area contributed by atoms with Crippen LogP contribution in [0.3, 0.4) is 0 Å². The topological polar surface area (TPSA) is 23.6 Å². The van der Waals surface area contributed by atoms with E-state index in [4.69, 9.17) is 0 Å². The maximum absolute atomic E-state index is 13.9. The fourth-order valence-electron chi connectivity index (χ4n) is 2.37. The van der Waals surface area contributed by atoms with E-state index in [2.05, 4.69) is 0 Å². The van der Waals surface area contributed by atoms with E-state index in [1.807, 2.05) is 50.2 Å². The summed E-state index contributed by atoms with van der Waals surface area (Å²) in [5.41, 5.74) is 2.67. The van der Waals surface area contributed by atoms with Gasteiger partial charge in [-0.25, -0.2) is 4.39 Å². The van der Waals surface area contributed by atoms with E-state index < -0.39 is 0 Å². The Kier molecular flexibility index (Phi) is 6.90. The zero-order valence-corrected chi connectivity index (χ0v) is 15.1. The average molecular weight is 340 g/mol. The van der Waals surface area contributed by atoms with Crippen molar-refractivity contribution in [3.63, 3.8) is 0 Å². The summed E-state index contributed by atoms with van der Waals surface area (Å²) >= 11 is 0. The standard InChI is InChI=1S/C21H25FN2O/c1-17-8-10-18(11-9-17)12-13-21(25)24(15-14-23(2)3)16-19-6-4-5-7-20(19)22/h4-13H,14-16H2,1-3H3/b13-12+. The summed E-state index contributed by atoms with van der Waals surface area (Å²) in [5, 5.41) is 0. The number of halogens is 1. The van der Waals surface area contributed by atoms with Crippen LogP contribution in [-0.2, 0) is 11.3 Å². The monoisotopic (exact) mass is 340 g/mol. The molecule has 0 spiro atoms. The minimum atomic E-state index is -0.285. The SMILES string of the molecule is Cc1ccc(/C=C/C(=O)N(CCN(C)C)Cc2ccccc2F)cc1. The molecular formula is C21H25FN2O. The second-order valence-corrected chi connectivity index (χ2v) is 6.40. The Morgan fingerprint density at radius 3 is 2.36 bits per heavy atom. The van der Waals surface area contributed by atoms with E-state index in [1.165, 1.54) is 11.6 Å². The molecule has 0 aliphatic rings. The van der Waals surface area contributed by atoms with Gasteiger partial charge in [-0.2, -0.15) is 0 Å². The van der Waals surface area contributed by atoms with Crippen LogP contribution < -0.4 is 0 Å². The van der Waals surface area contributed by atoms with Gasteiger partial charge in [-0.3, -0.25) is 4.79 Å². The third-order valence-corrected chi connectivity index (χ3v) is 3.94. The van der Waals surface area contributed by atoms with Gasteiger partial charge in [0.15, 0.2) is 0 Å². The molecule has 0 aliphatic carbocycles. The largest absolute Gasteiger partial charge is 0.333 e. The molecule has 2 aromatic rings. The summed E-state index contributed by atoms with van der Waals surface area (Å²) < 4.78 is 13.9. The molecule has 0 radical (unpaired) electrons. The van der Waals surface area contributed by atoms with Crippen molar-refractivity contribution in [1.82, 2.24) is 9.80 Å². The van der Waals surface area contributed by atoms with E-state index in [0.29, 0.717) is 12.1 Å². The van der Waals surface area contributed by atoms with Gasteiger partial charge in [0, 0.05) is 31.3 Å². The highest BCUT2D eigenvalue weighted by atomic mass is 19.1. The maximum Gasteiger partial charge on any atom is 0.246 e. The minimum Gasteiger partial charge on any atom is -0.333 e. The number of likely N-dealkylation sites (N-methyl/N-ethyl adjacent to an activating group) is 1. The Balaban J connectivity index is 2.11. The number of hydrogen-bond acceptors (Lipinski definition) is 2. The number of aryl methyl sites for hydroxylation is 1. The van der Waals surface area contributed by atoms with Gasteiger partial charge in [0.2, 0.25) is 5.91 Å². The van der Waals surface area contributed by atoms with Crippen molar-refractivity contribution in [2.45, 2.75) is 13.5 Å². The van der Waals surface area contributed by atoms with Gasteiger partial charge in [0.1, 0.15) is 5.82 Å². The van der Waals surface area contributed by atoms with Crippen LogP contribution in [0.5, 0.6) is 0 Å². The van der Waals surface area contributed by atoms with E-state index >= 15 is 0 Å². The molecule has 0 atom stereocenters. The molecule has 0 fully saturated rings. The Morgan fingerprint density at radius 2 is 1.72 bits per heavy atom. The highest BCUT2D eigenvalue weighted by molar-refractivity contribution is 5.91. The average Bonchev–Trinajstić information content (AvgIpc) is 2.59.